The van der Waals surface area contributed by atoms with Crippen molar-refractivity contribution in [3.05, 3.63) is 12.7 Å². The summed E-state index contributed by atoms with van der Waals surface area (Å²) in [7, 11) is 0. The molecule has 0 spiro atoms. The fraction of sp³-hybridized carbons (Fsp3) is 0.429. The van der Waals surface area contributed by atoms with Gasteiger partial charge in [-0.1, -0.05) is 23.5 Å². The van der Waals surface area contributed by atoms with Crippen molar-refractivity contribution in [2.45, 2.75) is 0 Å². The molecule has 2 rings (SSSR count). The smallest absolute Gasteiger partial charge is 0.249 e. The highest BCUT2D eigenvalue weighted by Crippen LogP contribution is 2.21. The van der Waals surface area contributed by atoms with Crippen molar-refractivity contribution in [3.63, 3.8) is 0 Å². The summed E-state index contributed by atoms with van der Waals surface area (Å²) in [5.74, 6) is 1.30. The van der Waals surface area contributed by atoms with Gasteiger partial charge in [0.1, 0.15) is 17.0 Å². The van der Waals surface area contributed by atoms with Gasteiger partial charge in [-0.2, -0.15) is 0 Å². The number of rotatable bonds is 3. The minimum Gasteiger partial charge on any atom is -0.272 e. The average Bonchev–Trinajstić information content (AvgIpc) is 2.86. The van der Waals surface area contributed by atoms with Gasteiger partial charge in [0.2, 0.25) is 5.91 Å². The Morgan fingerprint density at radius 1 is 1.60 bits per heavy atom. The maximum absolute atomic E-state index is 11.4. The molecule has 0 saturated heterocycles. The number of nitrogens with one attached hydrogen (secondary N) is 1. The largest absolute Gasteiger partial charge is 0.272 e. The van der Waals surface area contributed by atoms with E-state index in [9.17, 15) is 4.79 Å². The first-order chi connectivity index (χ1) is 7.34. The van der Waals surface area contributed by atoms with Gasteiger partial charge < -0.3 is 0 Å². The molecule has 0 saturated carbocycles. The summed E-state index contributed by atoms with van der Waals surface area (Å²) in [6, 6.07) is 0. The minimum absolute atomic E-state index is 0.0880. The lowest BCUT2D eigenvalue weighted by Gasteiger charge is -2.03. The highest BCUT2D eigenvalue weighted by Gasteiger charge is 2.10. The van der Waals surface area contributed by atoms with Crippen molar-refractivity contribution in [1.82, 2.24) is 14.9 Å². The van der Waals surface area contributed by atoms with E-state index in [-0.39, 0.29) is 5.91 Å². The number of hydrogen-bond donors (Lipinski definition) is 1. The molecule has 15 heavy (non-hydrogen) atoms. The van der Waals surface area contributed by atoms with Crippen LogP contribution < -0.4 is 5.43 Å². The predicted octanol–water partition coefficient (Wildman–Crippen LogP) is 0.184. The van der Waals surface area contributed by atoms with Gasteiger partial charge in [-0.15, -0.1) is 10.2 Å². The number of carbonyl (C=O) groups excluding carboxylic acids is 1. The number of hydrogen-bond acceptors (Lipinski definition) is 6. The Hall–Kier alpha value is -1.02. The second-order valence-electron chi connectivity index (χ2n) is 2.69. The molecule has 0 fully saturated rings. The van der Waals surface area contributed by atoms with Crippen molar-refractivity contribution in [2.75, 3.05) is 23.5 Å². The molecule has 0 unspecified atom stereocenters. The van der Waals surface area contributed by atoms with E-state index in [0.29, 0.717) is 5.75 Å². The van der Waals surface area contributed by atoms with Crippen LogP contribution in [0.3, 0.4) is 0 Å². The number of amides is 1. The van der Waals surface area contributed by atoms with E-state index in [1.807, 2.05) is 0 Å². The first-order valence-electron chi connectivity index (χ1n) is 4.29. The summed E-state index contributed by atoms with van der Waals surface area (Å²) in [5, 5.41) is 7.15. The van der Waals surface area contributed by atoms with Gasteiger partial charge in [-0.25, -0.2) is 4.68 Å². The summed E-state index contributed by atoms with van der Waals surface area (Å²) in [4.78, 5) is 15.6. The molecule has 6 nitrogen and oxygen atoms in total. The monoisotopic (exact) mass is 243 g/mol. The van der Waals surface area contributed by atoms with E-state index in [0.717, 1.165) is 16.7 Å². The topological polar surface area (TPSA) is 72.2 Å². The zero-order valence-corrected chi connectivity index (χ0v) is 9.42. The lowest BCUT2D eigenvalue weighted by Crippen LogP contribution is -2.23. The molecular formula is C7H9N5OS2. The molecule has 0 atom stereocenters. The fourth-order valence-corrected chi connectivity index (χ4v) is 2.77. The van der Waals surface area contributed by atoms with Crippen LogP contribution in [0.15, 0.2) is 17.6 Å². The third-order valence-electron chi connectivity index (χ3n) is 1.56. The van der Waals surface area contributed by atoms with Crippen LogP contribution in [0.5, 0.6) is 0 Å². The molecular weight excluding hydrogens is 234 g/mol. The standard InChI is InChI=1S/C7H9N5OS2/c13-6(11-12-4-9-10-5-12)3-15-7-8-1-2-14-7/h4-5H,1-3H2,(H,11,13). The minimum atomic E-state index is -0.0880. The normalized spacial score (nSPS) is 15.1. The number of carbonyl (C=O) groups is 1. The summed E-state index contributed by atoms with van der Waals surface area (Å²) in [5.41, 5.74) is 2.61. The van der Waals surface area contributed by atoms with Crippen molar-refractivity contribution in [2.24, 2.45) is 4.99 Å². The third-order valence-corrected chi connectivity index (χ3v) is 3.81. The fourth-order valence-electron chi connectivity index (χ4n) is 0.965. The number of nitrogens with zero attached hydrogens (tertiary/aromatic N) is 4. The predicted molar refractivity (Wildman–Crippen MR) is 61.6 cm³/mol. The molecule has 80 valence electrons. The quantitative estimate of drug-likeness (QED) is 0.820. The van der Waals surface area contributed by atoms with E-state index in [1.54, 1.807) is 11.8 Å². The second-order valence-corrected chi connectivity index (χ2v) is 4.99. The second kappa shape index (κ2) is 5.17. The molecule has 1 aromatic rings. The lowest BCUT2D eigenvalue weighted by molar-refractivity contribution is -0.114. The van der Waals surface area contributed by atoms with Crippen LogP contribution in [0, 0.1) is 0 Å². The van der Waals surface area contributed by atoms with Gasteiger partial charge in [0, 0.05) is 5.75 Å². The van der Waals surface area contributed by atoms with Crippen molar-refractivity contribution in [1.29, 1.82) is 0 Å². The van der Waals surface area contributed by atoms with E-state index in [1.165, 1.54) is 29.1 Å². The number of aromatic nitrogens is 3. The first kappa shape index (κ1) is 10.5. The van der Waals surface area contributed by atoms with Crippen LogP contribution in [-0.4, -0.2) is 43.2 Å². The Balaban J connectivity index is 1.73. The van der Waals surface area contributed by atoms with E-state index < -0.39 is 0 Å². The van der Waals surface area contributed by atoms with Crippen LogP contribution in [0.1, 0.15) is 0 Å². The van der Waals surface area contributed by atoms with E-state index in [4.69, 9.17) is 0 Å². The molecule has 0 radical (unpaired) electrons. The van der Waals surface area contributed by atoms with Crippen LogP contribution in [0.2, 0.25) is 0 Å². The Labute approximate surface area is 94.9 Å². The van der Waals surface area contributed by atoms with Gasteiger partial charge in [-0.3, -0.25) is 15.2 Å². The Morgan fingerprint density at radius 3 is 3.07 bits per heavy atom. The van der Waals surface area contributed by atoms with Crippen LogP contribution in [-0.2, 0) is 4.79 Å². The molecule has 1 aliphatic rings. The summed E-state index contributed by atoms with van der Waals surface area (Å²) in [6.07, 6.45) is 2.87. The van der Waals surface area contributed by atoms with Gasteiger partial charge in [0.15, 0.2) is 0 Å². The number of aliphatic imine (C=N–C) groups is 1. The number of thioether (sulfide) groups is 2. The Kier molecular flexibility index (Phi) is 3.62. The third kappa shape index (κ3) is 3.24. The lowest BCUT2D eigenvalue weighted by atomic mass is 10.7. The first-order valence-corrected chi connectivity index (χ1v) is 6.26. The molecule has 1 amide bonds. The molecule has 0 bridgehead atoms. The van der Waals surface area contributed by atoms with Crippen molar-refractivity contribution >= 4 is 33.8 Å². The van der Waals surface area contributed by atoms with Crippen molar-refractivity contribution < 1.29 is 4.79 Å². The van der Waals surface area contributed by atoms with E-state index >= 15 is 0 Å². The van der Waals surface area contributed by atoms with Gasteiger partial charge in [0.25, 0.3) is 0 Å². The van der Waals surface area contributed by atoms with E-state index in [2.05, 4.69) is 20.6 Å². The van der Waals surface area contributed by atoms with Gasteiger partial charge in [-0.05, 0) is 0 Å². The molecule has 0 aromatic carbocycles. The average molecular weight is 243 g/mol. The molecule has 1 aromatic heterocycles. The van der Waals surface area contributed by atoms with Gasteiger partial charge >= 0.3 is 0 Å². The molecule has 8 heteroatoms. The van der Waals surface area contributed by atoms with Crippen LogP contribution in [0.25, 0.3) is 0 Å². The summed E-state index contributed by atoms with van der Waals surface area (Å²) < 4.78 is 2.42. The molecule has 1 N–H and O–H groups in total. The SMILES string of the molecule is O=C(CSC1=NCCS1)Nn1cnnc1. The zero-order chi connectivity index (χ0) is 10.5. The Morgan fingerprint density at radius 2 is 2.40 bits per heavy atom. The highest BCUT2D eigenvalue weighted by molar-refractivity contribution is 8.39. The zero-order valence-electron chi connectivity index (χ0n) is 7.79. The van der Waals surface area contributed by atoms with Crippen molar-refractivity contribution in [3.8, 4) is 0 Å². The van der Waals surface area contributed by atoms with Crippen LogP contribution in [0.4, 0.5) is 0 Å². The molecule has 1 aliphatic heterocycles. The molecule has 2 heterocycles. The molecule has 0 aliphatic carbocycles. The maximum Gasteiger partial charge on any atom is 0.249 e. The van der Waals surface area contributed by atoms with Gasteiger partial charge in [0.05, 0.1) is 12.3 Å². The summed E-state index contributed by atoms with van der Waals surface area (Å²) in [6.45, 7) is 0.861. The Bertz CT molecular complexity index is 363. The summed E-state index contributed by atoms with van der Waals surface area (Å²) >= 11 is 3.15. The maximum atomic E-state index is 11.4. The highest BCUT2D eigenvalue weighted by atomic mass is 32.2. The van der Waals surface area contributed by atoms with Crippen LogP contribution >= 0.6 is 23.5 Å².